The van der Waals surface area contributed by atoms with E-state index < -0.39 is 29.3 Å². The average molecular weight is 336 g/mol. The number of methoxy groups -OCH3 is 1. The number of amides is 2. The Kier molecular flexibility index (Phi) is 5.42. The SMILES string of the molecule is COC[C@H]1CN(C(=O)Nc2cc(C(F)(F)F)ccc2F)CCO1. The van der Waals surface area contributed by atoms with Crippen molar-refractivity contribution in [3.8, 4) is 0 Å². The molecule has 5 nitrogen and oxygen atoms in total. The summed E-state index contributed by atoms with van der Waals surface area (Å²) in [5.74, 6) is -0.937. The molecule has 1 aliphatic heterocycles. The number of alkyl halides is 3. The summed E-state index contributed by atoms with van der Waals surface area (Å²) in [5, 5.41) is 2.17. The van der Waals surface area contributed by atoms with Crippen molar-refractivity contribution in [1.29, 1.82) is 0 Å². The van der Waals surface area contributed by atoms with Gasteiger partial charge in [0.1, 0.15) is 5.82 Å². The molecule has 1 saturated heterocycles. The number of carbonyl (C=O) groups excluding carboxylic acids is 1. The molecule has 0 spiro atoms. The molecule has 0 radical (unpaired) electrons. The summed E-state index contributed by atoms with van der Waals surface area (Å²) < 4.78 is 61.9. The number of morpholine rings is 1. The number of nitrogens with one attached hydrogen (secondary N) is 1. The summed E-state index contributed by atoms with van der Waals surface area (Å²) in [6.45, 7) is 1.01. The zero-order valence-electron chi connectivity index (χ0n) is 12.3. The van der Waals surface area contributed by atoms with Gasteiger partial charge in [-0.15, -0.1) is 0 Å². The van der Waals surface area contributed by atoms with Gasteiger partial charge < -0.3 is 19.7 Å². The quantitative estimate of drug-likeness (QED) is 0.864. The van der Waals surface area contributed by atoms with Gasteiger partial charge in [-0.05, 0) is 18.2 Å². The van der Waals surface area contributed by atoms with Crippen LogP contribution in [-0.4, -0.2) is 50.4 Å². The van der Waals surface area contributed by atoms with Crippen LogP contribution in [0.4, 0.5) is 28.0 Å². The van der Waals surface area contributed by atoms with Crippen LogP contribution < -0.4 is 5.32 Å². The van der Waals surface area contributed by atoms with Gasteiger partial charge in [0.15, 0.2) is 0 Å². The maximum atomic E-state index is 13.6. The van der Waals surface area contributed by atoms with Crippen LogP contribution >= 0.6 is 0 Å². The largest absolute Gasteiger partial charge is 0.416 e. The van der Waals surface area contributed by atoms with E-state index in [4.69, 9.17) is 9.47 Å². The Morgan fingerprint density at radius 1 is 1.48 bits per heavy atom. The third-order valence-electron chi connectivity index (χ3n) is 3.31. The molecule has 1 aromatic rings. The number of hydrogen-bond acceptors (Lipinski definition) is 3. The number of rotatable bonds is 3. The van der Waals surface area contributed by atoms with Crippen molar-refractivity contribution in [3.63, 3.8) is 0 Å². The van der Waals surface area contributed by atoms with Crippen LogP contribution in [0, 0.1) is 5.82 Å². The second-order valence-electron chi connectivity index (χ2n) is 5.02. The highest BCUT2D eigenvalue weighted by molar-refractivity contribution is 5.89. The molecule has 0 aromatic heterocycles. The van der Waals surface area contributed by atoms with E-state index in [1.165, 1.54) is 12.0 Å². The van der Waals surface area contributed by atoms with Crippen LogP contribution in [0.25, 0.3) is 0 Å². The summed E-state index contributed by atoms with van der Waals surface area (Å²) in [5.41, 5.74) is -1.55. The van der Waals surface area contributed by atoms with Crippen molar-refractivity contribution in [1.82, 2.24) is 4.90 Å². The van der Waals surface area contributed by atoms with Crippen LogP contribution in [0.2, 0.25) is 0 Å². The highest BCUT2D eigenvalue weighted by Gasteiger charge is 2.32. The highest BCUT2D eigenvalue weighted by Crippen LogP contribution is 2.31. The lowest BCUT2D eigenvalue weighted by Gasteiger charge is -2.32. The van der Waals surface area contributed by atoms with E-state index in [0.717, 1.165) is 0 Å². The number of hydrogen-bond donors (Lipinski definition) is 1. The standard InChI is InChI=1S/C14H16F4N2O3/c1-22-8-10-7-20(4-5-23-10)13(21)19-12-6-9(14(16,17)18)2-3-11(12)15/h2-3,6,10H,4-5,7-8H2,1H3,(H,19,21)/t10-/m1/s1. The van der Waals surface area contributed by atoms with Crippen LogP contribution in [0.3, 0.4) is 0 Å². The highest BCUT2D eigenvalue weighted by atomic mass is 19.4. The van der Waals surface area contributed by atoms with E-state index in [2.05, 4.69) is 5.32 Å². The van der Waals surface area contributed by atoms with Gasteiger partial charge in [-0.1, -0.05) is 0 Å². The van der Waals surface area contributed by atoms with Gasteiger partial charge in [-0.25, -0.2) is 9.18 Å². The van der Waals surface area contributed by atoms with Gasteiger partial charge in [0.2, 0.25) is 0 Å². The molecule has 0 saturated carbocycles. The van der Waals surface area contributed by atoms with Crippen LogP contribution in [0.15, 0.2) is 18.2 Å². The first-order valence-electron chi connectivity index (χ1n) is 6.84. The molecule has 128 valence electrons. The van der Waals surface area contributed by atoms with Gasteiger partial charge in [0.05, 0.1) is 37.1 Å². The van der Waals surface area contributed by atoms with Gasteiger partial charge in [-0.3, -0.25) is 0 Å². The first-order chi connectivity index (χ1) is 10.8. The number of halogens is 4. The fourth-order valence-electron chi connectivity index (χ4n) is 2.18. The molecule has 0 aliphatic carbocycles. The molecule has 23 heavy (non-hydrogen) atoms. The normalized spacial score (nSPS) is 18.8. The Balaban J connectivity index is 2.07. The molecule has 1 heterocycles. The van der Waals surface area contributed by atoms with Gasteiger partial charge in [-0.2, -0.15) is 13.2 Å². The summed E-state index contributed by atoms with van der Waals surface area (Å²) in [4.78, 5) is 13.4. The Hall–Kier alpha value is -1.87. The van der Waals surface area contributed by atoms with Crippen molar-refractivity contribution in [2.45, 2.75) is 12.3 Å². The summed E-state index contributed by atoms with van der Waals surface area (Å²) in [7, 11) is 1.49. The van der Waals surface area contributed by atoms with Gasteiger partial charge in [0, 0.05) is 13.7 Å². The number of nitrogens with zero attached hydrogens (tertiary/aromatic N) is 1. The first kappa shape index (κ1) is 17.5. The second-order valence-corrected chi connectivity index (χ2v) is 5.02. The van der Waals surface area contributed by atoms with Crippen molar-refractivity contribution >= 4 is 11.7 Å². The molecular formula is C14H16F4N2O3. The van der Waals surface area contributed by atoms with E-state index in [1.807, 2.05) is 0 Å². The molecule has 1 aliphatic rings. The third-order valence-corrected chi connectivity index (χ3v) is 3.31. The smallest absolute Gasteiger partial charge is 0.382 e. The van der Waals surface area contributed by atoms with E-state index in [0.29, 0.717) is 18.2 Å². The number of anilines is 1. The summed E-state index contributed by atoms with van der Waals surface area (Å²) in [6.07, 6.45) is -4.94. The monoisotopic (exact) mass is 336 g/mol. The average Bonchev–Trinajstić information content (AvgIpc) is 2.49. The van der Waals surface area contributed by atoms with Crippen molar-refractivity contribution in [2.75, 3.05) is 38.7 Å². The topological polar surface area (TPSA) is 50.8 Å². The number of urea groups is 1. The zero-order chi connectivity index (χ0) is 17.0. The fraction of sp³-hybridized carbons (Fsp3) is 0.500. The minimum Gasteiger partial charge on any atom is -0.382 e. The molecule has 2 amide bonds. The van der Waals surface area contributed by atoms with Crippen molar-refractivity contribution < 1.29 is 31.8 Å². The van der Waals surface area contributed by atoms with Crippen LogP contribution in [0.1, 0.15) is 5.56 Å². The minimum atomic E-state index is -4.62. The molecular weight excluding hydrogens is 320 g/mol. The van der Waals surface area contributed by atoms with E-state index in [-0.39, 0.29) is 32.4 Å². The third kappa shape index (κ3) is 4.55. The lowest BCUT2D eigenvalue weighted by atomic mass is 10.2. The predicted molar refractivity (Wildman–Crippen MR) is 73.6 cm³/mol. The van der Waals surface area contributed by atoms with Crippen LogP contribution in [0.5, 0.6) is 0 Å². The Morgan fingerprint density at radius 3 is 2.87 bits per heavy atom. The first-order valence-corrected chi connectivity index (χ1v) is 6.84. The molecule has 0 bridgehead atoms. The second kappa shape index (κ2) is 7.14. The molecule has 0 unspecified atom stereocenters. The number of ether oxygens (including phenoxy) is 2. The Morgan fingerprint density at radius 2 is 2.22 bits per heavy atom. The molecule has 2 rings (SSSR count). The van der Waals surface area contributed by atoms with E-state index in [9.17, 15) is 22.4 Å². The number of benzene rings is 1. The van der Waals surface area contributed by atoms with Gasteiger partial charge in [0.25, 0.3) is 0 Å². The maximum absolute atomic E-state index is 13.6. The number of carbonyl (C=O) groups is 1. The lowest BCUT2D eigenvalue weighted by Crippen LogP contribution is -2.48. The molecule has 1 N–H and O–H groups in total. The zero-order valence-corrected chi connectivity index (χ0v) is 12.3. The summed E-state index contributed by atoms with van der Waals surface area (Å²) in [6, 6.07) is 1.17. The lowest BCUT2D eigenvalue weighted by molar-refractivity contribution is -0.137. The summed E-state index contributed by atoms with van der Waals surface area (Å²) >= 11 is 0. The van der Waals surface area contributed by atoms with Crippen molar-refractivity contribution in [3.05, 3.63) is 29.6 Å². The molecule has 1 atom stereocenters. The van der Waals surface area contributed by atoms with E-state index >= 15 is 0 Å². The van der Waals surface area contributed by atoms with Crippen molar-refractivity contribution in [2.24, 2.45) is 0 Å². The molecule has 1 aromatic carbocycles. The maximum Gasteiger partial charge on any atom is 0.416 e. The Labute approximate surface area is 130 Å². The Bertz CT molecular complexity index is 563. The van der Waals surface area contributed by atoms with Crippen LogP contribution in [-0.2, 0) is 15.7 Å². The molecule has 9 heteroatoms. The minimum absolute atomic E-state index is 0.209. The van der Waals surface area contributed by atoms with E-state index in [1.54, 1.807) is 0 Å². The fourth-order valence-corrected chi connectivity index (χ4v) is 2.18. The molecule has 1 fully saturated rings. The predicted octanol–water partition coefficient (Wildman–Crippen LogP) is 2.72. The van der Waals surface area contributed by atoms with Gasteiger partial charge >= 0.3 is 12.2 Å².